The Labute approximate surface area is 216 Å². The van der Waals surface area contributed by atoms with E-state index >= 15 is 0 Å². The quantitative estimate of drug-likeness (QED) is 0.303. The number of rotatable bonds is 9. The molecule has 0 saturated carbocycles. The number of hydrogen-bond donors (Lipinski definition) is 1. The van der Waals surface area contributed by atoms with Crippen LogP contribution in [0.15, 0.2) is 82.6 Å². The number of para-hydroxylation sites is 1. The van der Waals surface area contributed by atoms with Crippen molar-refractivity contribution < 1.29 is 14.0 Å². The molecular weight excluding hydrogens is 473 g/mol. The third-order valence-electron chi connectivity index (χ3n) is 6.00. The first-order chi connectivity index (χ1) is 17.5. The summed E-state index contributed by atoms with van der Waals surface area (Å²) in [4.78, 5) is 31.1. The number of benzene rings is 3. The number of fused-ring (bicyclic) bond motifs is 1. The van der Waals surface area contributed by atoms with E-state index in [9.17, 15) is 14.0 Å². The van der Waals surface area contributed by atoms with Gasteiger partial charge in [0.15, 0.2) is 0 Å². The number of halogens is 1. The summed E-state index contributed by atoms with van der Waals surface area (Å²) >= 11 is 1.29. The summed E-state index contributed by atoms with van der Waals surface area (Å²) in [5.74, 6) is -0.934. The van der Waals surface area contributed by atoms with Crippen LogP contribution in [0.2, 0.25) is 0 Å². The standard InChI is InChI=1S/C29H30FN3O2S/c1-3-32(23-12-8-10-21(2)18-23)17-9-16-31-28(34)20-33-25-14-6-7-15-26(25)36-27(29(33)35)19-22-11-4-5-13-24(22)30/h4-8,10-15,18-19H,3,9,16-17,20H2,1-2H3,(H,31,34)/b27-19-. The van der Waals surface area contributed by atoms with Crippen molar-refractivity contribution in [3.8, 4) is 0 Å². The average Bonchev–Trinajstić information content (AvgIpc) is 2.88. The minimum Gasteiger partial charge on any atom is -0.372 e. The molecule has 1 aliphatic heterocycles. The van der Waals surface area contributed by atoms with Gasteiger partial charge in [0, 0.05) is 35.8 Å². The van der Waals surface area contributed by atoms with Crippen LogP contribution in [0.3, 0.4) is 0 Å². The molecule has 7 heteroatoms. The molecule has 0 atom stereocenters. The van der Waals surface area contributed by atoms with Crippen LogP contribution < -0.4 is 15.1 Å². The molecule has 186 valence electrons. The second-order valence-corrected chi connectivity index (χ2v) is 9.70. The molecular formula is C29H30FN3O2S. The molecule has 1 heterocycles. The second kappa shape index (κ2) is 11.9. The lowest BCUT2D eigenvalue weighted by Gasteiger charge is -2.30. The lowest BCUT2D eigenvalue weighted by atomic mass is 10.2. The molecule has 4 rings (SSSR count). The minimum atomic E-state index is -0.395. The van der Waals surface area contributed by atoms with Crippen LogP contribution in [0.4, 0.5) is 15.8 Å². The van der Waals surface area contributed by atoms with Gasteiger partial charge in [-0.2, -0.15) is 0 Å². The Balaban J connectivity index is 1.40. The Kier molecular flexibility index (Phi) is 8.44. The van der Waals surface area contributed by atoms with Gasteiger partial charge in [0.25, 0.3) is 5.91 Å². The monoisotopic (exact) mass is 503 g/mol. The average molecular weight is 504 g/mol. The van der Waals surface area contributed by atoms with E-state index in [0.717, 1.165) is 24.4 Å². The van der Waals surface area contributed by atoms with Gasteiger partial charge >= 0.3 is 0 Å². The topological polar surface area (TPSA) is 52.7 Å². The van der Waals surface area contributed by atoms with E-state index in [2.05, 4.69) is 48.3 Å². The van der Waals surface area contributed by atoms with Crippen LogP contribution in [-0.4, -0.2) is 38.0 Å². The highest BCUT2D eigenvalue weighted by Crippen LogP contribution is 2.42. The number of carbonyl (C=O) groups excluding carboxylic acids is 2. The van der Waals surface area contributed by atoms with Crippen LogP contribution >= 0.6 is 11.8 Å². The predicted molar refractivity (Wildman–Crippen MR) is 146 cm³/mol. The largest absolute Gasteiger partial charge is 0.372 e. The zero-order chi connectivity index (χ0) is 25.5. The molecule has 0 saturated heterocycles. The van der Waals surface area contributed by atoms with Gasteiger partial charge in [0.05, 0.1) is 10.6 Å². The maximum Gasteiger partial charge on any atom is 0.265 e. The third kappa shape index (κ3) is 6.15. The van der Waals surface area contributed by atoms with Crippen molar-refractivity contribution in [2.24, 2.45) is 0 Å². The van der Waals surface area contributed by atoms with E-state index in [1.165, 1.54) is 34.0 Å². The van der Waals surface area contributed by atoms with Crippen LogP contribution in [-0.2, 0) is 9.59 Å². The summed E-state index contributed by atoms with van der Waals surface area (Å²) in [5, 5.41) is 2.95. The Hall–Kier alpha value is -3.58. The van der Waals surface area contributed by atoms with Gasteiger partial charge < -0.3 is 10.2 Å². The van der Waals surface area contributed by atoms with Gasteiger partial charge in [0.1, 0.15) is 12.4 Å². The number of nitrogens with zero attached hydrogens (tertiary/aromatic N) is 2. The molecule has 1 N–H and O–H groups in total. The first-order valence-corrected chi connectivity index (χ1v) is 12.9. The highest BCUT2D eigenvalue weighted by atomic mass is 32.2. The highest BCUT2D eigenvalue weighted by Gasteiger charge is 2.30. The van der Waals surface area contributed by atoms with E-state index in [0.29, 0.717) is 22.7 Å². The van der Waals surface area contributed by atoms with Crippen molar-refractivity contribution >= 4 is 41.0 Å². The summed E-state index contributed by atoms with van der Waals surface area (Å²) in [6.07, 6.45) is 2.33. The van der Waals surface area contributed by atoms with Crippen molar-refractivity contribution in [3.05, 3.63) is 94.6 Å². The fraction of sp³-hybridized carbons (Fsp3) is 0.241. The van der Waals surface area contributed by atoms with E-state index in [1.54, 1.807) is 24.3 Å². The number of thioether (sulfide) groups is 1. The van der Waals surface area contributed by atoms with Crippen molar-refractivity contribution in [2.75, 3.05) is 36.0 Å². The SMILES string of the molecule is CCN(CCCNC(=O)CN1C(=O)/C(=C/c2ccccc2F)Sc2ccccc21)c1cccc(C)c1. The molecule has 0 bridgehead atoms. The van der Waals surface area contributed by atoms with Gasteiger partial charge in [-0.3, -0.25) is 14.5 Å². The minimum absolute atomic E-state index is 0.0968. The molecule has 0 fully saturated rings. The molecule has 3 aromatic rings. The Bertz CT molecular complexity index is 1280. The van der Waals surface area contributed by atoms with Crippen molar-refractivity contribution in [3.63, 3.8) is 0 Å². The number of hydrogen-bond acceptors (Lipinski definition) is 4. The van der Waals surface area contributed by atoms with Crippen LogP contribution in [0.25, 0.3) is 6.08 Å². The summed E-state index contributed by atoms with van der Waals surface area (Å²) < 4.78 is 14.2. The Morgan fingerprint density at radius 2 is 1.86 bits per heavy atom. The maximum atomic E-state index is 14.2. The van der Waals surface area contributed by atoms with Gasteiger partial charge in [-0.15, -0.1) is 0 Å². The van der Waals surface area contributed by atoms with Crippen molar-refractivity contribution in [2.45, 2.75) is 25.2 Å². The molecule has 0 radical (unpaired) electrons. The fourth-order valence-electron chi connectivity index (χ4n) is 4.14. The number of aryl methyl sites for hydroxylation is 1. The van der Waals surface area contributed by atoms with Crippen molar-refractivity contribution in [1.82, 2.24) is 5.32 Å². The molecule has 0 unspecified atom stereocenters. The van der Waals surface area contributed by atoms with Crippen LogP contribution in [0.5, 0.6) is 0 Å². The van der Waals surface area contributed by atoms with E-state index in [-0.39, 0.29) is 18.4 Å². The van der Waals surface area contributed by atoms with Gasteiger partial charge in [-0.1, -0.05) is 54.2 Å². The van der Waals surface area contributed by atoms with Crippen LogP contribution in [0.1, 0.15) is 24.5 Å². The zero-order valence-corrected chi connectivity index (χ0v) is 21.4. The maximum absolute atomic E-state index is 14.2. The molecule has 0 aromatic heterocycles. The highest BCUT2D eigenvalue weighted by molar-refractivity contribution is 8.04. The fourth-order valence-corrected chi connectivity index (χ4v) is 5.19. The van der Waals surface area contributed by atoms with E-state index in [4.69, 9.17) is 0 Å². The third-order valence-corrected chi connectivity index (χ3v) is 7.08. The van der Waals surface area contributed by atoms with E-state index in [1.807, 2.05) is 24.3 Å². The molecule has 2 amide bonds. The number of nitrogens with one attached hydrogen (secondary N) is 1. The number of carbonyl (C=O) groups is 2. The first-order valence-electron chi connectivity index (χ1n) is 12.1. The summed E-state index contributed by atoms with van der Waals surface area (Å²) in [7, 11) is 0. The second-order valence-electron chi connectivity index (χ2n) is 8.61. The Morgan fingerprint density at radius 1 is 1.08 bits per heavy atom. The summed E-state index contributed by atoms with van der Waals surface area (Å²) in [6, 6.07) is 22.2. The van der Waals surface area contributed by atoms with E-state index < -0.39 is 5.82 Å². The zero-order valence-electron chi connectivity index (χ0n) is 20.5. The first kappa shape index (κ1) is 25.5. The van der Waals surface area contributed by atoms with Gasteiger partial charge in [0.2, 0.25) is 5.91 Å². The Morgan fingerprint density at radius 3 is 2.64 bits per heavy atom. The number of amides is 2. The molecule has 3 aromatic carbocycles. The summed E-state index contributed by atoms with van der Waals surface area (Å²) in [5.41, 5.74) is 3.41. The molecule has 36 heavy (non-hydrogen) atoms. The molecule has 0 aliphatic carbocycles. The molecule has 1 aliphatic rings. The normalized spacial score (nSPS) is 14.0. The van der Waals surface area contributed by atoms with Gasteiger partial charge in [-0.25, -0.2) is 4.39 Å². The smallest absolute Gasteiger partial charge is 0.265 e. The molecule has 5 nitrogen and oxygen atoms in total. The lowest BCUT2D eigenvalue weighted by Crippen LogP contribution is -2.43. The predicted octanol–water partition coefficient (Wildman–Crippen LogP) is 5.65. The lowest BCUT2D eigenvalue weighted by molar-refractivity contribution is -0.122. The summed E-state index contributed by atoms with van der Waals surface area (Å²) in [6.45, 7) is 6.30. The van der Waals surface area contributed by atoms with Gasteiger partial charge in [-0.05, 0) is 62.2 Å². The molecule has 0 spiro atoms. The number of anilines is 2. The van der Waals surface area contributed by atoms with Crippen molar-refractivity contribution in [1.29, 1.82) is 0 Å². The van der Waals surface area contributed by atoms with Crippen LogP contribution in [0, 0.1) is 12.7 Å².